The number of hydrogen-bond donors (Lipinski definition) is 0. The highest BCUT2D eigenvalue weighted by molar-refractivity contribution is 5.69. The maximum Gasteiger partial charge on any atom is 0.305 e. The molecule has 0 spiro atoms. The fourth-order valence-electron chi connectivity index (χ4n) is 4.82. The van der Waals surface area contributed by atoms with Gasteiger partial charge < -0.3 is 9.47 Å². The lowest BCUT2D eigenvalue weighted by Crippen LogP contribution is -2.14. The van der Waals surface area contributed by atoms with Crippen LogP contribution < -0.4 is 0 Å². The molecule has 0 aromatic carbocycles. The Morgan fingerprint density at radius 1 is 0.472 bits per heavy atom. The molecular weight excluding hydrogens is 448 g/mol. The molecule has 4 nitrogen and oxygen atoms in total. The third-order valence-electron chi connectivity index (χ3n) is 7.87. The van der Waals surface area contributed by atoms with Crippen molar-refractivity contribution < 1.29 is 19.1 Å². The van der Waals surface area contributed by atoms with Crippen molar-refractivity contribution in [2.45, 2.75) is 163 Å². The van der Waals surface area contributed by atoms with Crippen LogP contribution in [0.25, 0.3) is 0 Å². The van der Waals surface area contributed by atoms with E-state index >= 15 is 0 Å². The van der Waals surface area contributed by atoms with Crippen LogP contribution in [0.2, 0.25) is 0 Å². The highest BCUT2D eigenvalue weighted by atomic mass is 16.5. The fourth-order valence-corrected chi connectivity index (χ4v) is 4.82. The lowest BCUT2D eigenvalue weighted by Gasteiger charge is -2.16. The van der Waals surface area contributed by atoms with Crippen LogP contribution in [-0.2, 0) is 19.1 Å². The average Bonchev–Trinajstić information content (AvgIpc) is 2.89. The molecule has 0 bridgehead atoms. The molecule has 0 aromatic rings. The van der Waals surface area contributed by atoms with Gasteiger partial charge in [-0.1, -0.05) is 125 Å². The predicted molar refractivity (Wildman–Crippen MR) is 153 cm³/mol. The molecule has 0 radical (unpaired) electrons. The highest BCUT2D eigenvalue weighted by Crippen LogP contribution is 2.21. The van der Waals surface area contributed by atoms with E-state index in [1.807, 2.05) is 0 Å². The zero-order chi connectivity index (χ0) is 26.9. The van der Waals surface area contributed by atoms with E-state index in [-0.39, 0.29) is 11.9 Å². The first kappa shape index (κ1) is 34.9. The second-order valence-corrected chi connectivity index (χ2v) is 11.0. The van der Waals surface area contributed by atoms with Crippen LogP contribution in [0.1, 0.15) is 163 Å². The van der Waals surface area contributed by atoms with E-state index in [1.54, 1.807) is 0 Å². The molecule has 4 heteroatoms. The van der Waals surface area contributed by atoms with E-state index in [9.17, 15) is 9.59 Å². The van der Waals surface area contributed by atoms with Gasteiger partial charge >= 0.3 is 11.9 Å². The fraction of sp³-hybridized carbons (Fsp3) is 0.938. The molecule has 0 aromatic heterocycles. The summed E-state index contributed by atoms with van der Waals surface area (Å²) < 4.78 is 11.1. The zero-order valence-corrected chi connectivity index (χ0v) is 24.9. The Morgan fingerprint density at radius 3 is 1.36 bits per heavy atom. The predicted octanol–water partition coefficient (Wildman–Crippen LogP) is 9.82. The third-order valence-corrected chi connectivity index (χ3v) is 7.87. The van der Waals surface area contributed by atoms with E-state index in [0.29, 0.717) is 43.8 Å². The van der Waals surface area contributed by atoms with E-state index < -0.39 is 0 Å². The number of ether oxygens (including phenoxy) is 2. The Labute approximate surface area is 225 Å². The number of hydrogen-bond acceptors (Lipinski definition) is 4. The Hall–Kier alpha value is -1.06. The van der Waals surface area contributed by atoms with Gasteiger partial charge in [0.25, 0.3) is 0 Å². The minimum Gasteiger partial charge on any atom is -0.465 e. The molecule has 36 heavy (non-hydrogen) atoms. The van der Waals surface area contributed by atoms with Crippen molar-refractivity contribution in [1.82, 2.24) is 0 Å². The molecule has 3 atom stereocenters. The second kappa shape index (κ2) is 25.6. The van der Waals surface area contributed by atoms with Gasteiger partial charge in [0.1, 0.15) is 0 Å². The largest absolute Gasteiger partial charge is 0.465 e. The van der Waals surface area contributed by atoms with Gasteiger partial charge in [0.05, 0.1) is 13.2 Å². The lowest BCUT2D eigenvalue weighted by atomic mass is 9.93. The number of carbonyl (C=O) groups is 2. The summed E-state index contributed by atoms with van der Waals surface area (Å²) in [7, 11) is 0. The number of rotatable bonds is 26. The summed E-state index contributed by atoms with van der Waals surface area (Å²) in [6.45, 7) is 12.2. The van der Waals surface area contributed by atoms with E-state index in [0.717, 1.165) is 38.5 Å². The molecule has 0 rings (SSSR count). The smallest absolute Gasteiger partial charge is 0.305 e. The highest BCUT2D eigenvalue weighted by Gasteiger charge is 2.13. The molecule has 0 aliphatic rings. The number of carbonyl (C=O) groups excluding carboxylic acids is 2. The van der Waals surface area contributed by atoms with Gasteiger partial charge in [0.2, 0.25) is 0 Å². The van der Waals surface area contributed by atoms with E-state index in [2.05, 4.69) is 34.6 Å². The summed E-state index contributed by atoms with van der Waals surface area (Å²) in [4.78, 5) is 24.1. The standard InChI is InChI=1S/C32H62O4/c1-6-11-20-29(9-4)26-35-31(33)23-19-17-15-13-14-16-18-22-28(8-3)24-25-32(34)36-27-30(10-5)21-12-7-2/h28-30H,6-27H2,1-5H3. The first-order valence-corrected chi connectivity index (χ1v) is 15.8. The molecule has 0 saturated carbocycles. The van der Waals surface area contributed by atoms with Gasteiger partial charge in [-0.15, -0.1) is 0 Å². The van der Waals surface area contributed by atoms with Crippen LogP contribution in [0.4, 0.5) is 0 Å². The van der Waals surface area contributed by atoms with Gasteiger partial charge in [0, 0.05) is 12.8 Å². The Bertz CT molecular complexity index is 504. The molecule has 0 saturated heterocycles. The number of unbranched alkanes of at least 4 members (excludes halogenated alkanes) is 8. The van der Waals surface area contributed by atoms with Gasteiger partial charge in [-0.2, -0.15) is 0 Å². The SMILES string of the molecule is CCCCC(CC)COC(=O)CCCCCCCCCC(CC)CCC(=O)OCC(CC)CCCC. The molecule has 0 N–H and O–H groups in total. The Morgan fingerprint density at radius 2 is 0.889 bits per heavy atom. The minimum atomic E-state index is -0.0129. The summed E-state index contributed by atoms with van der Waals surface area (Å²) in [5, 5.41) is 0. The van der Waals surface area contributed by atoms with E-state index in [1.165, 1.54) is 77.0 Å². The first-order valence-electron chi connectivity index (χ1n) is 15.8. The molecule has 0 aliphatic carbocycles. The van der Waals surface area contributed by atoms with Gasteiger partial charge in [-0.3, -0.25) is 9.59 Å². The van der Waals surface area contributed by atoms with Crippen LogP contribution >= 0.6 is 0 Å². The second-order valence-electron chi connectivity index (χ2n) is 11.0. The quantitative estimate of drug-likeness (QED) is 0.0858. The van der Waals surface area contributed by atoms with Crippen molar-refractivity contribution in [2.75, 3.05) is 13.2 Å². The minimum absolute atomic E-state index is 0.00560. The van der Waals surface area contributed by atoms with Crippen molar-refractivity contribution in [3.05, 3.63) is 0 Å². The molecule has 0 amide bonds. The molecule has 0 heterocycles. The summed E-state index contributed by atoms with van der Waals surface area (Å²) >= 11 is 0. The monoisotopic (exact) mass is 510 g/mol. The van der Waals surface area contributed by atoms with Crippen LogP contribution in [0.15, 0.2) is 0 Å². The Balaban J connectivity index is 3.70. The van der Waals surface area contributed by atoms with Crippen molar-refractivity contribution >= 4 is 11.9 Å². The summed E-state index contributed by atoms with van der Waals surface area (Å²) in [6.07, 6.45) is 22.2. The normalized spacial score (nSPS) is 13.8. The molecule has 3 unspecified atom stereocenters. The zero-order valence-electron chi connectivity index (χ0n) is 24.9. The van der Waals surface area contributed by atoms with E-state index in [4.69, 9.17) is 9.47 Å². The van der Waals surface area contributed by atoms with Crippen LogP contribution in [0, 0.1) is 17.8 Å². The molecular formula is C32H62O4. The van der Waals surface area contributed by atoms with Crippen molar-refractivity contribution in [3.63, 3.8) is 0 Å². The maximum atomic E-state index is 12.2. The molecule has 214 valence electrons. The molecule has 0 fully saturated rings. The van der Waals surface area contributed by atoms with Gasteiger partial charge in [-0.25, -0.2) is 0 Å². The average molecular weight is 511 g/mol. The van der Waals surface area contributed by atoms with Gasteiger partial charge in [-0.05, 0) is 43.4 Å². The molecule has 0 aliphatic heterocycles. The summed E-state index contributed by atoms with van der Waals surface area (Å²) in [5.41, 5.74) is 0. The third kappa shape index (κ3) is 21.1. The number of esters is 2. The first-order chi connectivity index (χ1) is 17.5. The maximum absolute atomic E-state index is 12.2. The van der Waals surface area contributed by atoms with Crippen LogP contribution in [0.3, 0.4) is 0 Å². The summed E-state index contributed by atoms with van der Waals surface area (Å²) in [6, 6.07) is 0. The Kier molecular flexibility index (Phi) is 24.8. The van der Waals surface area contributed by atoms with Crippen molar-refractivity contribution in [3.8, 4) is 0 Å². The summed E-state index contributed by atoms with van der Waals surface area (Å²) in [5.74, 6) is 1.68. The van der Waals surface area contributed by atoms with Crippen LogP contribution in [0.5, 0.6) is 0 Å². The lowest BCUT2D eigenvalue weighted by molar-refractivity contribution is -0.146. The van der Waals surface area contributed by atoms with Crippen LogP contribution in [-0.4, -0.2) is 25.2 Å². The van der Waals surface area contributed by atoms with Crippen molar-refractivity contribution in [2.24, 2.45) is 17.8 Å². The topological polar surface area (TPSA) is 52.6 Å². The van der Waals surface area contributed by atoms with Crippen molar-refractivity contribution in [1.29, 1.82) is 0 Å². The van der Waals surface area contributed by atoms with Gasteiger partial charge in [0.15, 0.2) is 0 Å².